The summed E-state index contributed by atoms with van der Waals surface area (Å²) in [5.41, 5.74) is -0.0367. The van der Waals surface area contributed by atoms with Crippen LogP contribution in [0.25, 0.3) is 0 Å². The molecule has 176 valence electrons. The van der Waals surface area contributed by atoms with Crippen LogP contribution in [-0.4, -0.2) is 45.4 Å². The van der Waals surface area contributed by atoms with Crippen molar-refractivity contribution < 1.29 is 19.7 Å². The summed E-state index contributed by atoms with van der Waals surface area (Å²) in [4.78, 5) is 21.1. The summed E-state index contributed by atoms with van der Waals surface area (Å²) in [7, 11) is 1.60. The van der Waals surface area contributed by atoms with E-state index >= 15 is 0 Å². The van der Waals surface area contributed by atoms with Crippen LogP contribution in [0.2, 0.25) is 0 Å². The highest BCUT2D eigenvalue weighted by Gasteiger charge is 2.54. The van der Waals surface area contributed by atoms with Gasteiger partial charge in [0.05, 0.1) is 13.2 Å². The van der Waals surface area contributed by atoms with Crippen LogP contribution in [-0.2, 0) is 5.41 Å². The zero-order chi connectivity index (χ0) is 23.8. The van der Waals surface area contributed by atoms with E-state index in [4.69, 9.17) is 4.74 Å². The smallest absolute Gasteiger partial charge is 0.256 e. The number of rotatable bonds is 6. The Morgan fingerprint density at radius 2 is 2.06 bits per heavy atom. The fourth-order valence-corrected chi connectivity index (χ4v) is 5.78. The van der Waals surface area contributed by atoms with Gasteiger partial charge >= 0.3 is 0 Å². The largest absolute Gasteiger partial charge is 0.496 e. The van der Waals surface area contributed by atoms with Gasteiger partial charge in [-0.1, -0.05) is 40.7 Å². The number of benzene rings is 1. The number of carbonyl (C=O) groups excluding carboxylic acids is 1. The second kappa shape index (κ2) is 9.12. The number of hydrogen-bond acceptors (Lipinski definition) is 6. The van der Waals surface area contributed by atoms with Gasteiger partial charge in [0.15, 0.2) is 0 Å². The maximum atomic E-state index is 13.9. The molecule has 6 nitrogen and oxygen atoms in total. The maximum absolute atomic E-state index is 13.9. The van der Waals surface area contributed by atoms with Crippen molar-refractivity contribution in [3.05, 3.63) is 45.4 Å². The molecule has 1 aliphatic rings. The molecule has 0 unspecified atom stereocenters. The summed E-state index contributed by atoms with van der Waals surface area (Å²) >= 11 is 1.50. The summed E-state index contributed by atoms with van der Waals surface area (Å²) < 4.78 is 5.62. The Balaban J connectivity index is 2.11. The van der Waals surface area contributed by atoms with E-state index in [1.807, 2.05) is 26.8 Å². The molecule has 1 saturated heterocycles. The van der Waals surface area contributed by atoms with Crippen LogP contribution in [0.1, 0.15) is 79.3 Å². The van der Waals surface area contributed by atoms with Crippen molar-refractivity contribution in [2.24, 2.45) is 11.8 Å². The number of methoxy groups -OCH3 is 1. The number of aryl methyl sites for hydroxylation is 1. The number of nitrogens with zero attached hydrogens (tertiary/aromatic N) is 2. The molecule has 0 bridgehead atoms. The first-order valence-electron chi connectivity index (χ1n) is 11.2. The lowest BCUT2D eigenvalue weighted by molar-refractivity contribution is -0.0869. The van der Waals surface area contributed by atoms with Gasteiger partial charge in [0.25, 0.3) is 5.91 Å². The van der Waals surface area contributed by atoms with Gasteiger partial charge < -0.3 is 19.8 Å². The van der Waals surface area contributed by atoms with E-state index in [0.29, 0.717) is 24.2 Å². The molecule has 1 fully saturated rings. The second-order valence-electron chi connectivity index (χ2n) is 10.3. The van der Waals surface area contributed by atoms with Crippen LogP contribution < -0.4 is 4.74 Å². The van der Waals surface area contributed by atoms with Gasteiger partial charge in [-0.2, -0.15) is 0 Å². The quantitative estimate of drug-likeness (QED) is 0.654. The minimum Gasteiger partial charge on any atom is -0.496 e. The normalized spacial score (nSPS) is 23.8. The molecule has 7 heteroatoms. The number of thiazole rings is 1. The third-order valence-electron chi connectivity index (χ3n) is 6.10. The van der Waals surface area contributed by atoms with E-state index < -0.39 is 11.8 Å². The number of aliphatic hydroxyl groups excluding tert-OH is 1. The van der Waals surface area contributed by atoms with E-state index in [0.717, 1.165) is 15.4 Å². The Kier molecular flexibility index (Phi) is 7.03. The summed E-state index contributed by atoms with van der Waals surface area (Å²) in [5.74, 6) is 0.254. The summed E-state index contributed by atoms with van der Waals surface area (Å²) in [6.45, 7) is 12.2. The zero-order valence-corrected chi connectivity index (χ0v) is 21.0. The van der Waals surface area contributed by atoms with Gasteiger partial charge in [0.2, 0.25) is 0 Å². The first kappa shape index (κ1) is 24.7. The minimum absolute atomic E-state index is 0.125. The third kappa shape index (κ3) is 4.70. The van der Waals surface area contributed by atoms with Crippen LogP contribution >= 0.6 is 11.3 Å². The number of likely N-dealkylation sites (tertiary alicyclic amines) is 1. The lowest BCUT2D eigenvalue weighted by Crippen LogP contribution is -2.49. The monoisotopic (exact) mass is 460 g/mol. The van der Waals surface area contributed by atoms with E-state index in [2.05, 4.69) is 25.8 Å². The molecule has 2 aromatic rings. The van der Waals surface area contributed by atoms with E-state index in [1.165, 1.54) is 11.3 Å². The van der Waals surface area contributed by atoms with Crippen LogP contribution in [0, 0.1) is 18.8 Å². The molecule has 3 atom stereocenters. The fraction of sp³-hybridized carbons (Fsp3) is 0.600. The number of hydrogen-bond donors (Lipinski definition) is 2. The molecule has 1 aromatic carbocycles. The molecule has 2 N–H and O–H groups in total. The molecule has 1 aromatic heterocycles. The van der Waals surface area contributed by atoms with Gasteiger partial charge in [0.1, 0.15) is 16.5 Å². The molecule has 0 spiro atoms. The van der Waals surface area contributed by atoms with Crippen LogP contribution in [0.3, 0.4) is 0 Å². The van der Waals surface area contributed by atoms with E-state index in [1.54, 1.807) is 30.3 Å². The number of aliphatic hydroxyl groups is 2. The minimum atomic E-state index is -1.36. The van der Waals surface area contributed by atoms with Crippen molar-refractivity contribution in [2.45, 2.75) is 71.6 Å². The van der Waals surface area contributed by atoms with Gasteiger partial charge in [-0.25, -0.2) is 4.98 Å². The van der Waals surface area contributed by atoms with Crippen LogP contribution in [0.5, 0.6) is 5.75 Å². The average molecular weight is 461 g/mol. The van der Waals surface area contributed by atoms with Crippen LogP contribution in [0.4, 0.5) is 0 Å². The predicted molar refractivity (Wildman–Crippen MR) is 127 cm³/mol. The molecular weight excluding hydrogens is 424 g/mol. The molecule has 0 saturated carbocycles. The van der Waals surface area contributed by atoms with Gasteiger partial charge in [-0.05, 0) is 42.4 Å². The van der Waals surface area contributed by atoms with E-state index in [-0.39, 0.29) is 29.8 Å². The summed E-state index contributed by atoms with van der Waals surface area (Å²) in [6.07, 6.45) is 2.51. The standard InChI is InChI=1S/C25H36N2O4S/c1-15(2)11-25(30)12-18(14-28)21(22-26-13-16(3)32-22)27(25)23(29)17-8-9-19(24(4,5)6)20(10-17)31-7/h8-10,13,15,18,21,28,30H,11-12,14H2,1-7H3/t18-,21-,25-/m1/s1. The molecular formula is C25H36N2O4S. The molecule has 32 heavy (non-hydrogen) atoms. The average Bonchev–Trinajstić information content (AvgIpc) is 3.25. The highest BCUT2D eigenvalue weighted by atomic mass is 32.1. The Bertz CT molecular complexity index is 965. The first-order chi connectivity index (χ1) is 14.9. The maximum Gasteiger partial charge on any atom is 0.256 e. The molecule has 1 aliphatic heterocycles. The molecule has 0 radical (unpaired) electrons. The lowest BCUT2D eigenvalue weighted by Gasteiger charge is -2.38. The summed E-state index contributed by atoms with van der Waals surface area (Å²) in [6, 6.07) is 5.01. The zero-order valence-electron chi connectivity index (χ0n) is 20.2. The summed E-state index contributed by atoms with van der Waals surface area (Å²) in [5, 5.41) is 22.6. The van der Waals surface area contributed by atoms with Crippen molar-refractivity contribution >= 4 is 17.2 Å². The highest BCUT2D eigenvalue weighted by molar-refractivity contribution is 7.11. The molecule has 1 amide bonds. The van der Waals surface area contributed by atoms with Crippen LogP contribution in [0.15, 0.2) is 24.4 Å². The Morgan fingerprint density at radius 3 is 2.56 bits per heavy atom. The van der Waals surface area contributed by atoms with Gasteiger partial charge in [-0.15, -0.1) is 11.3 Å². The number of amides is 1. The fourth-order valence-electron chi connectivity index (χ4n) is 4.82. The van der Waals surface area contributed by atoms with Crippen molar-refractivity contribution in [1.82, 2.24) is 9.88 Å². The van der Waals surface area contributed by atoms with Gasteiger partial charge in [-0.3, -0.25) is 4.79 Å². The second-order valence-corrected chi connectivity index (χ2v) is 11.6. The Morgan fingerprint density at radius 1 is 1.38 bits per heavy atom. The lowest BCUT2D eigenvalue weighted by atomic mass is 9.85. The highest BCUT2D eigenvalue weighted by Crippen LogP contribution is 2.49. The van der Waals surface area contributed by atoms with E-state index in [9.17, 15) is 15.0 Å². The Hall–Kier alpha value is -1.96. The van der Waals surface area contributed by atoms with Crippen molar-refractivity contribution in [2.75, 3.05) is 13.7 Å². The first-order valence-corrected chi connectivity index (χ1v) is 12.0. The predicted octanol–water partition coefficient (Wildman–Crippen LogP) is 4.69. The Labute approximate surface area is 195 Å². The number of ether oxygens (including phenoxy) is 1. The number of aromatic nitrogens is 1. The van der Waals surface area contributed by atoms with Crippen molar-refractivity contribution in [3.8, 4) is 5.75 Å². The van der Waals surface area contributed by atoms with Crippen molar-refractivity contribution in [3.63, 3.8) is 0 Å². The topological polar surface area (TPSA) is 82.9 Å². The molecule has 3 rings (SSSR count). The van der Waals surface area contributed by atoms with Crippen molar-refractivity contribution in [1.29, 1.82) is 0 Å². The third-order valence-corrected chi connectivity index (χ3v) is 7.08. The molecule has 2 heterocycles. The molecule has 0 aliphatic carbocycles. The van der Waals surface area contributed by atoms with Gasteiger partial charge in [0, 0.05) is 35.6 Å². The SMILES string of the molecule is COc1cc(C(=O)N2[C@@H](c3ncc(C)s3)[C@@H](CO)C[C@]2(O)CC(C)C)ccc1C(C)(C)C. The number of carbonyl (C=O) groups is 1.